The van der Waals surface area contributed by atoms with Crippen LogP contribution in [0.3, 0.4) is 0 Å². The normalized spacial score (nSPS) is 21.0. The molecule has 1 unspecified atom stereocenters. The number of oxazole rings is 1. The number of aromatic nitrogens is 1. The molecule has 1 saturated heterocycles. The van der Waals surface area contributed by atoms with E-state index in [0.29, 0.717) is 11.6 Å². The van der Waals surface area contributed by atoms with Crippen molar-refractivity contribution < 1.29 is 14.3 Å². The molecule has 1 aromatic heterocycles. The van der Waals surface area contributed by atoms with Gasteiger partial charge in [0.2, 0.25) is 0 Å². The summed E-state index contributed by atoms with van der Waals surface area (Å²) in [6.45, 7) is 3.25. The molecular weight excluding hydrogens is 182 g/mol. The van der Waals surface area contributed by atoms with Crippen LogP contribution in [0.5, 0.6) is 0 Å². The van der Waals surface area contributed by atoms with Crippen molar-refractivity contribution in [2.75, 3.05) is 13.2 Å². The van der Waals surface area contributed by atoms with Crippen LogP contribution in [0.4, 0.5) is 0 Å². The molecule has 0 amide bonds. The summed E-state index contributed by atoms with van der Waals surface area (Å²) in [6.07, 6.45) is 2.83. The predicted octanol–water partition coefficient (Wildman–Crippen LogP) is 1.44. The Hall–Kier alpha value is -0.870. The van der Waals surface area contributed by atoms with Gasteiger partial charge in [-0.3, -0.25) is 0 Å². The summed E-state index contributed by atoms with van der Waals surface area (Å²) in [5, 5.41) is 9.98. The second-order valence-corrected chi connectivity index (χ2v) is 3.69. The average molecular weight is 197 g/mol. The summed E-state index contributed by atoms with van der Waals surface area (Å²) in [6, 6.07) is 0. The minimum atomic E-state index is -0.503. The quantitative estimate of drug-likeness (QED) is 0.779. The zero-order chi connectivity index (χ0) is 9.97. The van der Waals surface area contributed by atoms with E-state index in [1.54, 1.807) is 6.92 Å². The van der Waals surface area contributed by atoms with Gasteiger partial charge in [0, 0.05) is 20.1 Å². The van der Waals surface area contributed by atoms with Crippen LogP contribution in [0.15, 0.2) is 10.7 Å². The third-order valence-electron chi connectivity index (χ3n) is 2.65. The van der Waals surface area contributed by atoms with Crippen molar-refractivity contribution in [1.29, 1.82) is 0 Å². The molecule has 0 aliphatic carbocycles. The van der Waals surface area contributed by atoms with Crippen LogP contribution >= 0.6 is 0 Å². The van der Waals surface area contributed by atoms with Gasteiger partial charge in [-0.1, -0.05) is 0 Å². The van der Waals surface area contributed by atoms with Gasteiger partial charge in [-0.15, -0.1) is 0 Å². The summed E-state index contributed by atoms with van der Waals surface area (Å²) in [4.78, 5) is 4.13. The molecule has 0 bridgehead atoms. The number of aliphatic hydroxyl groups is 1. The second kappa shape index (κ2) is 4.11. The molecule has 0 spiro atoms. The molecule has 1 aliphatic heterocycles. The van der Waals surface area contributed by atoms with Gasteiger partial charge in [0.1, 0.15) is 18.1 Å². The summed E-state index contributed by atoms with van der Waals surface area (Å²) >= 11 is 0. The first kappa shape index (κ1) is 9.68. The van der Waals surface area contributed by atoms with Crippen molar-refractivity contribution in [2.24, 2.45) is 5.92 Å². The number of nitrogens with zero attached hydrogens (tertiary/aromatic N) is 1. The van der Waals surface area contributed by atoms with E-state index in [2.05, 4.69) is 4.98 Å². The van der Waals surface area contributed by atoms with E-state index >= 15 is 0 Å². The Balaban J connectivity index is 2.03. The highest BCUT2D eigenvalue weighted by Gasteiger charge is 2.25. The molecular formula is C10H15NO3. The van der Waals surface area contributed by atoms with Crippen molar-refractivity contribution in [3.63, 3.8) is 0 Å². The van der Waals surface area contributed by atoms with Crippen LogP contribution in [0.25, 0.3) is 0 Å². The van der Waals surface area contributed by atoms with Crippen LogP contribution < -0.4 is 0 Å². The highest BCUT2D eigenvalue weighted by Crippen LogP contribution is 2.29. The number of ether oxygens (including phenoxy) is 1. The third-order valence-corrected chi connectivity index (χ3v) is 2.65. The van der Waals surface area contributed by atoms with Crippen molar-refractivity contribution in [3.05, 3.63) is 17.8 Å². The van der Waals surface area contributed by atoms with E-state index in [9.17, 15) is 5.11 Å². The van der Waals surface area contributed by atoms with Crippen LogP contribution in [0, 0.1) is 12.8 Å². The van der Waals surface area contributed by atoms with E-state index in [4.69, 9.17) is 9.15 Å². The summed E-state index contributed by atoms with van der Waals surface area (Å²) < 4.78 is 10.3. The van der Waals surface area contributed by atoms with Gasteiger partial charge in [0.15, 0.2) is 5.89 Å². The number of aliphatic hydroxyl groups excluding tert-OH is 1. The number of aryl methyl sites for hydroxylation is 1. The fraction of sp³-hybridized carbons (Fsp3) is 0.700. The van der Waals surface area contributed by atoms with E-state index in [0.717, 1.165) is 26.1 Å². The molecule has 2 rings (SSSR count). The zero-order valence-corrected chi connectivity index (χ0v) is 8.27. The Bertz CT molecular complexity index is 291. The van der Waals surface area contributed by atoms with Gasteiger partial charge in [0.25, 0.3) is 0 Å². The minimum Gasteiger partial charge on any atom is -0.449 e. The molecule has 0 radical (unpaired) electrons. The fourth-order valence-corrected chi connectivity index (χ4v) is 1.79. The molecule has 14 heavy (non-hydrogen) atoms. The Labute approximate surface area is 82.9 Å². The zero-order valence-electron chi connectivity index (χ0n) is 8.27. The van der Waals surface area contributed by atoms with Gasteiger partial charge in [-0.2, -0.15) is 0 Å². The van der Waals surface area contributed by atoms with Crippen LogP contribution in [0.2, 0.25) is 0 Å². The lowest BCUT2D eigenvalue weighted by Crippen LogP contribution is -2.22. The molecule has 1 atom stereocenters. The third kappa shape index (κ3) is 1.96. The van der Waals surface area contributed by atoms with E-state index in [1.807, 2.05) is 0 Å². The number of rotatable bonds is 2. The van der Waals surface area contributed by atoms with Gasteiger partial charge in [-0.25, -0.2) is 4.98 Å². The fourth-order valence-electron chi connectivity index (χ4n) is 1.79. The molecule has 1 N–H and O–H groups in total. The van der Waals surface area contributed by atoms with E-state index in [-0.39, 0.29) is 5.92 Å². The molecule has 1 fully saturated rings. The highest BCUT2D eigenvalue weighted by atomic mass is 16.5. The Morgan fingerprint density at radius 2 is 2.21 bits per heavy atom. The van der Waals surface area contributed by atoms with Gasteiger partial charge in [0.05, 0.1) is 0 Å². The standard InChI is InChI=1S/C10H15NO3/c1-7-11-9(6-14-7)10(12)8-2-4-13-5-3-8/h6,8,10,12H,2-5H2,1H3. The number of hydrogen-bond donors (Lipinski definition) is 1. The largest absolute Gasteiger partial charge is 0.449 e. The van der Waals surface area contributed by atoms with Gasteiger partial charge >= 0.3 is 0 Å². The second-order valence-electron chi connectivity index (χ2n) is 3.69. The lowest BCUT2D eigenvalue weighted by Gasteiger charge is -2.25. The first-order valence-electron chi connectivity index (χ1n) is 4.95. The van der Waals surface area contributed by atoms with Crippen molar-refractivity contribution in [1.82, 2.24) is 4.98 Å². The molecule has 78 valence electrons. The maximum absolute atomic E-state index is 9.98. The minimum absolute atomic E-state index is 0.258. The van der Waals surface area contributed by atoms with Crippen LogP contribution in [0.1, 0.15) is 30.5 Å². The smallest absolute Gasteiger partial charge is 0.191 e. The molecule has 4 nitrogen and oxygen atoms in total. The Morgan fingerprint density at radius 3 is 2.79 bits per heavy atom. The predicted molar refractivity (Wildman–Crippen MR) is 49.7 cm³/mol. The maximum atomic E-state index is 9.98. The molecule has 4 heteroatoms. The number of hydrogen-bond acceptors (Lipinski definition) is 4. The molecule has 0 aromatic carbocycles. The van der Waals surface area contributed by atoms with E-state index < -0.39 is 6.10 Å². The lowest BCUT2D eigenvalue weighted by molar-refractivity contribution is 0.00554. The first-order valence-corrected chi connectivity index (χ1v) is 4.95. The molecule has 2 heterocycles. The SMILES string of the molecule is Cc1nc(C(O)C2CCOCC2)co1. The first-order chi connectivity index (χ1) is 6.77. The Kier molecular flexibility index (Phi) is 2.84. The molecule has 1 aliphatic rings. The van der Waals surface area contributed by atoms with Crippen molar-refractivity contribution in [3.8, 4) is 0 Å². The highest BCUT2D eigenvalue weighted by molar-refractivity contribution is 5.01. The maximum Gasteiger partial charge on any atom is 0.191 e. The van der Waals surface area contributed by atoms with Gasteiger partial charge in [-0.05, 0) is 18.8 Å². The van der Waals surface area contributed by atoms with Crippen LogP contribution in [-0.2, 0) is 4.74 Å². The topological polar surface area (TPSA) is 55.5 Å². The monoisotopic (exact) mass is 197 g/mol. The van der Waals surface area contributed by atoms with Gasteiger partial charge < -0.3 is 14.3 Å². The molecule has 0 saturated carbocycles. The molecule has 1 aromatic rings. The van der Waals surface area contributed by atoms with E-state index in [1.165, 1.54) is 6.26 Å². The summed E-state index contributed by atoms with van der Waals surface area (Å²) in [5.41, 5.74) is 0.648. The lowest BCUT2D eigenvalue weighted by atomic mass is 9.92. The Morgan fingerprint density at radius 1 is 1.50 bits per heavy atom. The summed E-state index contributed by atoms with van der Waals surface area (Å²) in [5.74, 6) is 0.861. The average Bonchev–Trinajstić information content (AvgIpc) is 2.65. The van der Waals surface area contributed by atoms with Crippen molar-refractivity contribution in [2.45, 2.75) is 25.9 Å². The summed E-state index contributed by atoms with van der Waals surface area (Å²) in [7, 11) is 0. The van der Waals surface area contributed by atoms with Crippen LogP contribution in [-0.4, -0.2) is 23.3 Å². The van der Waals surface area contributed by atoms with Crippen molar-refractivity contribution >= 4 is 0 Å².